The van der Waals surface area contributed by atoms with Gasteiger partial charge in [0.2, 0.25) is 27.7 Å². The van der Waals surface area contributed by atoms with Crippen molar-refractivity contribution >= 4 is 44.6 Å². The van der Waals surface area contributed by atoms with Gasteiger partial charge in [-0.3, -0.25) is 24.0 Å². The Kier molecular flexibility index (Phi) is 10.9. The summed E-state index contributed by atoms with van der Waals surface area (Å²) in [5.41, 5.74) is -3.74. The van der Waals surface area contributed by atoms with E-state index in [1.54, 1.807) is 19.1 Å². The Hall–Kier alpha value is -4.61. The van der Waals surface area contributed by atoms with Crippen LogP contribution in [0.25, 0.3) is 10.8 Å². The Morgan fingerprint density at radius 3 is 2.54 bits per heavy atom. The molecule has 4 heterocycles. The first kappa shape index (κ1) is 42.5. The number of nitrogens with zero attached hydrogens (tertiary/aromatic N) is 3. The average Bonchev–Trinajstić information content (AvgIpc) is 3.94. The van der Waals surface area contributed by atoms with Crippen molar-refractivity contribution in [3.63, 3.8) is 0 Å². The minimum atomic E-state index is -5.09. The highest BCUT2D eigenvalue weighted by Gasteiger charge is 2.64. The number of hydrogen-bond acceptors (Lipinski definition) is 9. The first-order valence-electron chi connectivity index (χ1n) is 20.3. The summed E-state index contributed by atoms with van der Waals surface area (Å²) in [4.78, 5) is 62.5. The molecule has 18 heteroatoms. The minimum Gasteiger partial charge on any atom is -0.492 e. The van der Waals surface area contributed by atoms with Gasteiger partial charge in [0.25, 0.3) is 5.91 Å². The normalized spacial score (nSPS) is 30.1. The predicted molar refractivity (Wildman–Crippen MR) is 209 cm³/mol. The van der Waals surface area contributed by atoms with Crippen LogP contribution in [0.4, 0.5) is 18.0 Å². The molecule has 0 radical (unpaired) electrons. The maximum absolute atomic E-state index is 15.2. The molecule has 2 aliphatic carbocycles. The van der Waals surface area contributed by atoms with Gasteiger partial charge in [-0.25, -0.2) is 18.2 Å². The number of ether oxygens (including phenoxy) is 2. The number of pyridine rings is 1. The van der Waals surface area contributed by atoms with Crippen molar-refractivity contribution in [2.45, 2.75) is 133 Å². The second-order valence-corrected chi connectivity index (χ2v) is 19.9. The lowest BCUT2D eigenvalue weighted by Gasteiger charge is -2.46. The smallest absolute Gasteiger partial charge is 0.411 e. The van der Waals surface area contributed by atoms with Gasteiger partial charge in [-0.05, 0) is 88.8 Å². The molecule has 7 rings (SSSR count). The number of sulfonamides is 1. The maximum Gasteiger partial charge on any atom is 0.411 e. The van der Waals surface area contributed by atoms with Crippen LogP contribution >= 0.6 is 0 Å². The van der Waals surface area contributed by atoms with Gasteiger partial charge < -0.3 is 24.8 Å². The number of benzene rings is 1. The third-order valence-corrected chi connectivity index (χ3v) is 15.3. The number of carbonyl (C=O) groups excluding carboxylic acids is 3. The Balaban J connectivity index is 1.30. The molecule has 5 aliphatic rings. The van der Waals surface area contributed by atoms with E-state index in [1.165, 1.54) is 13.1 Å². The molecule has 3 aliphatic heterocycles. The van der Waals surface area contributed by atoms with Crippen molar-refractivity contribution < 1.29 is 55.3 Å². The van der Waals surface area contributed by atoms with Gasteiger partial charge in [-0.2, -0.15) is 13.2 Å². The Labute approximate surface area is 341 Å². The van der Waals surface area contributed by atoms with E-state index in [4.69, 9.17) is 9.47 Å². The van der Waals surface area contributed by atoms with Gasteiger partial charge in [0.05, 0.1) is 17.9 Å². The highest BCUT2D eigenvalue weighted by atomic mass is 32.2. The summed E-state index contributed by atoms with van der Waals surface area (Å²) in [6.07, 6.45) is -0.299. The third kappa shape index (κ3) is 7.69. The van der Waals surface area contributed by atoms with Crippen molar-refractivity contribution in [2.24, 2.45) is 17.8 Å². The van der Waals surface area contributed by atoms with Crippen LogP contribution in [-0.2, 0) is 30.8 Å². The molecule has 3 N–H and O–H groups in total. The molecule has 7 atom stereocenters. The molecule has 3 fully saturated rings. The number of rotatable bonds is 8. The van der Waals surface area contributed by atoms with E-state index in [-0.39, 0.29) is 48.9 Å². The molecule has 59 heavy (non-hydrogen) atoms. The van der Waals surface area contributed by atoms with Gasteiger partial charge in [-0.15, -0.1) is 0 Å². The number of carbonyl (C=O) groups is 4. The molecule has 2 aromatic rings. The standard InChI is InChI=1S/C41H52F3N5O9S/c1-6-24-19-23(2)9-7-8-10-26-21-40(26,36(52)47-59(55,56)39(5)15-16-39)46-33(50)30-20-27(58-34-29-12-11-25-14-18-57-32(25)28(29)13-17-45-34)22-48(30)35(51)31(24)49(37(53)54)38(3,4)41(42,43)44/h8,10-13,17,23-24,26-27,30-31H,6-7,9,14-16,18-22H2,1-5H3,(H,46,50)(H,47,52)(H,53,54)/b10-8-/t23-,24-,26-,27-,30+,31+,40-/m1/s1. The number of nitrogens with one attached hydrogen (secondary N) is 2. The molecule has 4 amide bonds. The highest BCUT2D eigenvalue weighted by molar-refractivity contribution is 7.91. The highest BCUT2D eigenvalue weighted by Crippen LogP contribution is 2.48. The fourth-order valence-electron chi connectivity index (χ4n) is 8.90. The number of alkyl halides is 3. The van der Waals surface area contributed by atoms with Gasteiger partial charge in [0.15, 0.2) is 0 Å². The SMILES string of the molecule is CC[C@@H]1C[C@H](C)CC/C=C\[C@@H]2C[C@@]2(C(=O)NS(=O)(=O)C2(C)CC2)NC(=O)[C@@H]2C[C@@H](Oc3nccc4c5c(ccc34)CCO5)CN2C(=O)[C@H]1N(C(=O)O)C(C)(C)C(F)(F)F. The van der Waals surface area contributed by atoms with E-state index in [0.29, 0.717) is 57.3 Å². The molecule has 14 nitrogen and oxygen atoms in total. The molecular weight excluding hydrogens is 796 g/mol. The van der Waals surface area contributed by atoms with Crippen LogP contribution in [0.1, 0.15) is 91.5 Å². The summed E-state index contributed by atoms with van der Waals surface area (Å²) in [6, 6.07) is 2.15. The minimum absolute atomic E-state index is 0.0584. The first-order chi connectivity index (χ1) is 27.6. The van der Waals surface area contributed by atoms with Crippen LogP contribution in [-0.4, -0.2) is 105 Å². The van der Waals surface area contributed by atoms with Crippen LogP contribution in [0, 0.1) is 17.8 Å². The van der Waals surface area contributed by atoms with Crippen molar-refractivity contribution in [1.82, 2.24) is 24.8 Å². The zero-order chi connectivity index (χ0) is 42.9. The molecule has 1 saturated heterocycles. The topological polar surface area (TPSA) is 185 Å². The van der Waals surface area contributed by atoms with E-state index in [1.807, 2.05) is 25.1 Å². The monoisotopic (exact) mass is 847 g/mol. The number of allylic oxidation sites excluding steroid dienone is 1. The fraction of sp³-hybridized carbons (Fsp3) is 0.634. The largest absolute Gasteiger partial charge is 0.492 e. The summed E-state index contributed by atoms with van der Waals surface area (Å²) in [5.74, 6) is -3.65. The number of hydrogen-bond donors (Lipinski definition) is 3. The van der Waals surface area contributed by atoms with Crippen LogP contribution in [0.3, 0.4) is 0 Å². The van der Waals surface area contributed by atoms with Crippen molar-refractivity contribution in [2.75, 3.05) is 13.2 Å². The average molecular weight is 848 g/mol. The second kappa shape index (κ2) is 15.1. The summed E-state index contributed by atoms with van der Waals surface area (Å²) < 4.78 is 84.2. The Morgan fingerprint density at radius 2 is 1.88 bits per heavy atom. The lowest BCUT2D eigenvalue weighted by Crippen LogP contribution is -2.66. The number of carboxylic acid groups (broad SMARTS) is 1. The third-order valence-electron chi connectivity index (χ3n) is 13.2. The van der Waals surface area contributed by atoms with Gasteiger partial charge >= 0.3 is 12.3 Å². The molecule has 2 saturated carbocycles. The van der Waals surface area contributed by atoms with Crippen LogP contribution in [0.15, 0.2) is 36.5 Å². The van der Waals surface area contributed by atoms with E-state index < -0.39 is 85.9 Å². The Bertz CT molecular complexity index is 2180. The molecule has 322 valence electrons. The summed E-state index contributed by atoms with van der Waals surface area (Å²) in [6.45, 7) is 6.67. The molecule has 1 aromatic heterocycles. The van der Waals surface area contributed by atoms with Gasteiger partial charge in [0, 0.05) is 35.7 Å². The van der Waals surface area contributed by atoms with E-state index in [0.717, 1.165) is 22.3 Å². The molecular formula is C41H52F3N5O9S. The van der Waals surface area contributed by atoms with Crippen LogP contribution in [0.5, 0.6) is 11.6 Å². The summed E-state index contributed by atoms with van der Waals surface area (Å²) >= 11 is 0. The van der Waals surface area contributed by atoms with Crippen molar-refractivity contribution in [1.29, 1.82) is 0 Å². The summed E-state index contributed by atoms with van der Waals surface area (Å²) in [7, 11) is -4.12. The van der Waals surface area contributed by atoms with Gasteiger partial charge in [0.1, 0.15) is 35.0 Å². The zero-order valence-electron chi connectivity index (χ0n) is 33.8. The van der Waals surface area contributed by atoms with Gasteiger partial charge in [-0.1, -0.05) is 38.5 Å². The Morgan fingerprint density at radius 1 is 1.15 bits per heavy atom. The lowest BCUT2D eigenvalue weighted by molar-refractivity contribution is -0.222. The molecule has 1 aromatic carbocycles. The lowest BCUT2D eigenvalue weighted by atomic mass is 9.82. The number of aromatic nitrogens is 1. The maximum atomic E-state index is 15.2. The van der Waals surface area contributed by atoms with Crippen molar-refractivity contribution in [3.8, 4) is 11.6 Å². The van der Waals surface area contributed by atoms with Crippen LogP contribution in [0.2, 0.25) is 0 Å². The van der Waals surface area contributed by atoms with E-state index in [2.05, 4.69) is 15.0 Å². The van der Waals surface area contributed by atoms with E-state index >= 15 is 4.79 Å². The number of fused-ring (bicyclic) bond motifs is 5. The van der Waals surface area contributed by atoms with Crippen molar-refractivity contribution in [3.05, 3.63) is 42.1 Å². The fourth-order valence-corrected chi connectivity index (χ4v) is 10.2. The second-order valence-electron chi connectivity index (χ2n) is 17.7. The first-order valence-corrected chi connectivity index (χ1v) is 21.8. The molecule has 0 spiro atoms. The van der Waals surface area contributed by atoms with E-state index in [9.17, 15) is 41.1 Å². The summed E-state index contributed by atoms with van der Waals surface area (Å²) in [5, 5.41) is 14.6. The van der Waals surface area contributed by atoms with Crippen LogP contribution < -0.4 is 19.5 Å². The predicted octanol–water partition coefficient (Wildman–Crippen LogP) is 5.48. The number of amides is 4. The molecule has 0 unspecified atom stereocenters. The molecule has 0 bridgehead atoms. The quantitative estimate of drug-likeness (QED) is 0.288. The zero-order valence-corrected chi connectivity index (χ0v) is 34.6. The number of halogens is 3.